The Kier molecular flexibility index (Phi) is 1.80. The Morgan fingerprint density at radius 1 is 1.40 bits per heavy atom. The zero-order chi connectivity index (χ0) is 10.3. The van der Waals surface area contributed by atoms with E-state index in [-0.39, 0.29) is 11.7 Å². The van der Waals surface area contributed by atoms with Crippen molar-refractivity contribution in [2.75, 3.05) is 0 Å². The molecule has 15 heavy (non-hydrogen) atoms. The lowest BCUT2D eigenvalue weighted by Crippen LogP contribution is -2.23. The van der Waals surface area contributed by atoms with Gasteiger partial charge in [-0.25, -0.2) is 9.97 Å². The molecule has 0 aliphatic heterocycles. The third-order valence-electron chi connectivity index (χ3n) is 3.06. The van der Waals surface area contributed by atoms with E-state index in [1.54, 1.807) is 6.20 Å². The van der Waals surface area contributed by atoms with Gasteiger partial charge in [-0.05, 0) is 18.9 Å². The van der Waals surface area contributed by atoms with Crippen LogP contribution in [-0.4, -0.2) is 20.7 Å². The zero-order valence-electron chi connectivity index (χ0n) is 8.23. The minimum absolute atomic E-state index is 0.174. The van der Waals surface area contributed by atoms with Gasteiger partial charge >= 0.3 is 0 Å². The van der Waals surface area contributed by atoms with Gasteiger partial charge in [-0.3, -0.25) is 4.79 Å². The van der Waals surface area contributed by atoms with E-state index in [4.69, 9.17) is 0 Å². The van der Waals surface area contributed by atoms with Crippen molar-refractivity contribution in [3.8, 4) is 0 Å². The monoisotopic (exact) mass is 201 g/mol. The Hall–Kier alpha value is -1.71. The summed E-state index contributed by atoms with van der Waals surface area (Å²) in [5.74, 6) is 0.367. The summed E-state index contributed by atoms with van der Waals surface area (Å²) in [6, 6.07) is 1.86. The van der Waals surface area contributed by atoms with E-state index in [1.807, 2.05) is 6.07 Å². The predicted octanol–water partition coefficient (Wildman–Crippen LogP) is 1.94. The van der Waals surface area contributed by atoms with Gasteiger partial charge in [0.2, 0.25) is 0 Å². The zero-order valence-corrected chi connectivity index (χ0v) is 8.23. The average molecular weight is 201 g/mol. The molecule has 2 aromatic rings. The SMILES string of the molecule is O=C(c1ncnc2[nH]ccc12)C1CCC1. The minimum atomic E-state index is 0.174. The van der Waals surface area contributed by atoms with E-state index in [1.165, 1.54) is 6.33 Å². The number of H-pyrrole nitrogens is 1. The standard InChI is InChI=1S/C11H11N3O/c15-10(7-2-1-3-7)9-8-4-5-12-11(8)14-6-13-9/h4-7H,1-3H2,(H,12,13,14). The van der Waals surface area contributed by atoms with E-state index in [0.717, 1.165) is 30.3 Å². The third-order valence-corrected chi connectivity index (χ3v) is 3.06. The van der Waals surface area contributed by atoms with Crippen LogP contribution in [-0.2, 0) is 0 Å². The second-order valence-electron chi connectivity index (χ2n) is 3.95. The van der Waals surface area contributed by atoms with Crippen LogP contribution >= 0.6 is 0 Å². The molecule has 0 atom stereocenters. The molecule has 3 rings (SSSR count). The molecule has 1 aliphatic carbocycles. The number of aromatic nitrogens is 3. The number of hydrogen-bond acceptors (Lipinski definition) is 3. The Morgan fingerprint density at radius 2 is 2.27 bits per heavy atom. The summed E-state index contributed by atoms with van der Waals surface area (Å²) in [6.07, 6.45) is 6.42. The second kappa shape index (κ2) is 3.15. The Bertz CT molecular complexity index is 513. The largest absolute Gasteiger partial charge is 0.346 e. The highest BCUT2D eigenvalue weighted by molar-refractivity contribution is 6.06. The van der Waals surface area contributed by atoms with E-state index in [2.05, 4.69) is 15.0 Å². The number of carbonyl (C=O) groups excluding carboxylic acids is 1. The van der Waals surface area contributed by atoms with Gasteiger partial charge in [0.25, 0.3) is 0 Å². The number of rotatable bonds is 2. The topological polar surface area (TPSA) is 58.6 Å². The highest BCUT2D eigenvalue weighted by Gasteiger charge is 2.28. The number of nitrogens with zero attached hydrogens (tertiary/aromatic N) is 2. The highest BCUT2D eigenvalue weighted by atomic mass is 16.1. The maximum Gasteiger partial charge on any atom is 0.185 e. The van der Waals surface area contributed by atoms with Gasteiger partial charge in [0.05, 0.1) is 0 Å². The Morgan fingerprint density at radius 3 is 3.00 bits per heavy atom. The maximum atomic E-state index is 12.0. The average Bonchev–Trinajstić information content (AvgIpc) is 2.61. The first-order chi connectivity index (χ1) is 7.36. The van der Waals surface area contributed by atoms with Crippen molar-refractivity contribution in [3.05, 3.63) is 24.3 Å². The first-order valence-electron chi connectivity index (χ1n) is 5.18. The van der Waals surface area contributed by atoms with Gasteiger partial charge in [0.1, 0.15) is 17.7 Å². The van der Waals surface area contributed by atoms with Gasteiger partial charge in [-0.1, -0.05) is 6.42 Å². The van der Waals surface area contributed by atoms with E-state index in [9.17, 15) is 4.79 Å². The van der Waals surface area contributed by atoms with Gasteiger partial charge < -0.3 is 4.98 Å². The number of Topliss-reactive ketones (excluding diaryl/α,β-unsaturated/α-hetero) is 1. The molecule has 0 radical (unpaired) electrons. The molecule has 2 aromatic heterocycles. The van der Waals surface area contributed by atoms with Crippen LogP contribution in [0.4, 0.5) is 0 Å². The molecular weight excluding hydrogens is 190 g/mol. The molecule has 0 amide bonds. The quantitative estimate of drug-likeness (QED) is 0.755. The number of nitrogens with one attached hydrogen (secondary N) is 1. The van der Waals surface area contributed by atoms with E-state index >= 15 is 0 Å². The van der Waals surface area contributed by atoms with Crippen LogP contribution in [0.5, 0.6) is 0 Å². The lowest BCUT2D eigenvalue weighted by molar-refractivity contribution is 0.0851. The van der Waals surface area contributed by atoms with Gasteiger partial charge in [0, 0.05) is 17.5 Å². The van der Waals surface area contributed by atoms with Crippen molar-refractivity contribution in [1.29, 1.82) is 0 Å². The van der Waals surface area contributed by atoms with Crippen LogP contribution in [0.15, 0.2) is 18.6 Å². The molecule has 0 spiro atoms. The molecule has 4 heteroatoms. The smallest absolute Gasteiger partial charge is 0.185 e. The molecule has 76 valence electrons. The number of fused-ring (bicyclic) bond motifs is 1. The van der Waals surface area contributed by atoms with E-state index in [0.29, 0.717) is 5.69 Å². The molecule has 2 heterocycles. The molecule has 1 N–H and O–H groups in total. The fraction of sp³-hybridized carbons (Fsp3) is 0.364. The van der Waals surface area contributed by atoms with Gasteiger partial charge in [0.15, 0.2) is 5.78 Å². The van der Waals surface area contributed by atoms with Crippen molar-refractivity contribution in [2.45, 2.75) is 19.3 Å². The number of carbonyl (C=O) groups is 1. The Balaban J connectivity index is 2.09. The van der Waals surface area contributed by atoms with Gasteiger partial charge in [-0.15, -0.1) is 0 Å². The lowest BCUT2D eigenvalue weighted by atomic mass is 9.81. The second-order valence-corrected chi connectivity index (χ2v) is 3.95. The molecule has 0 aromatic carbocycles. The number of ketones is 1. The fourth-order valence-electron chi connectivity index (χ4n) is 1.93. The van der Waals surface area contributed by atoms with Crippen LogP contribution in [0.2, 0.25) is 0 Å². The van der Waals surface area contributed by atoms with Crippen molar-refractivity contribution < 1.29 is 4.79 Å². The summed E-state index contributed by atoms with van der Waals surface area (Å²) in [6.45, 7) is 0. The van der Waals surface area contributed by atoms with Crippen LogP contribution in [0.25, 0.3) is 11.0 Å². The van der Waals surface area contributed by atoms with Crippen molar-refractivity contribution in [1.82, 2.24) is 15.0 Å². The molecule has 0 bridgehead atoms. The first-order valence-corrected chi connectivity index (χ1v) is 5.18. The van der Waals surface area contributed by atoms with E-state index < -0.39 is 0 Å². The normalized spacial score (nSPS) is 16.5. The lowest BCUT2D eigenvalue weighted by Gasteiger charge is -2.23. The summed E-state index contributed by atoms with van der Waals surface area (Å²) in [5, 5.41) is 0.842. The van der Waals surface area contributed by atoms with Crippen LogP contribution in [0.3, 0.4) is 0 Å². The molecule has 1 fully saturated rings. The van der Waals surface area contributed by atoms with Crippen molar-refractivity contribution >= 4 is 16.8 Å². The molecule has 0 saturated heterocycles. The molecule has 1 aliphatic rings. The predicted molar refractivity (Wildman–Crippen MR) is 55.6 cm³/mol. The summed E-state index contributed by atoms with van der Waals surface area (Å²) in [7, 11) is 0. The minimum Gasteiger partial charge on any atom is -0.346 e. The number of aromatic amines is 1. The van der Waals surface area contributed by atoms with Crippen LogP contribution < -0.4 is 0 Å². The van der Waals surface area contributed by atoms with Crippen LogP contribution in [0, 0.1) is 5.92 Å². The summed E-state index contributed by atoms with van der Waals surface area (Å²) in [4.78, 5) is 23.2. The number of hydrogen-bond donors (Lipinski definition) is 1. The first kappa shape index (κ1) is 8.59. The van der Waals surface area contributed by atoms with Crippen LogP contribution in [0.1, 0.15) is 29.8 Å². The molecular formula is C11H11N3O. The van der Waals surface area contributed by atoms with Crippen molar-refractivity contribution in [2.24, 2.45) is 5.92 Å². The van der Waals surface area contributed by atoms with Gasteiger partial charge in [-0.2, -0.15) is 0 Å². The summed E-state index contributed by atoms with van der Waals surface area (Å²) in [5.41, 5.74) is 1.32. The van der Waals surface area contributed by atoms with Crippen molar-refractivity contribution in [3.63, 3.8) is 0 Å². The maximum absolute atomic E-state index is 12.0. The summed E-state index contributed by atoms with van der Waals surface area (Å²) < 4.78 is 0. The molecule has 1 saturated carbocycles. The highest BCUT2D eigenvalue weighted by Crippen LogP contribution is 2.30. The Labute approximate surface area is 86.7 Å². The summed E-state index contributed by atoms with van der Waals surface area (Å²) >= 11 is 0. The molecule has 0 unspecified atom stereocenters. The molecule has 4 nitrogen and oxygen atoms in total. The third kappa shape index (κ3) is 1.25. The fourth-order valence-corrected chi connectivity index (χ4v) is 1.93.